The van der Waals surface area contributed by atoms with Crippen LogP contribution in [0.5, 0.6) is 0 Å². The van der Waals surface area contributed by atoms with Crippen molar-refractivity contribution in [3.05, 3.63) is 68.5 Å². The Bertz CT molecular complexity index is 955. The lowest BCUT2D eigenvalue weighted by atomic mass is 10.2. The lowest BCUT2D eigenvalue weighted by molar-refractivity contribution is -0.0357. The number of rotatable bonds is 6. The zero-order chi connectivity index (χ0) is 21.1. The topological polar surface area (TPSA) is 90.8 Å². The van der Waals surface area contributed by atoms with Crippen molar-refractivity contribution < 1.29 is 14.2 Å². The minimum Gasteiger partial charge on any atom is -0.394 e. The fourth-order valence-electron chi connectivity index (χ4n) is 4.07. The van der Waals surface area contributed by atoms with Crippen LogP contribution in [0.15, 0.2) is 46.1 Å². The van der Waals surface area contributed by atoms with E-state index in [2.05, 4.69) is 26.9 Å². The Morgan fingerprint density at radius 1 is 1.07 bits per heavy atom. The molecular weight excluding hydrogens is 391 g/mol. The monoisotopic (exact) mass is 418 g/mol. The van der Waals surface area contributed by atoms with Crippen LogP contribution in [0.1, 0.15) is 23.8 Å². The van der Waals surface area contributed by atoms with Gasteiger partial charge in [-0.1, -0.05) is 30.3 Å². The van der Waals surface area contributed by atoms with Gasteiger partial charge in [0.25, 0.3) is 5.56 Å². The molecule has 0 radical (unpaired) electrons. The molecule has 1 aromatic heterocycles. The Morgan fingerprint density at radius 3 is 2.37 bits per heavy atom. The molecule has 2 aliphatic rings. The average Bonchev–Trinajstić information content (AvgIpc) is 3.12. The Balaban J connectivity index is 1.39. The molecule has 0 saturated carbocycles. The number of aliphatic hydroxyl groups excluding tert-OH is 1. The van der Waals surface area contributed by atoms with E-state index in [1.165, 1.54) is 16.3 Å². The first-order valence-electron chi connectivity index (χ1n) is 10.3. The molecule has 0 spiro atoms. The van der Waals surface area contributed by atoms with E-state index in [1.807, 2.05) is 18.2 Å². The predicted molar refractivity (Wildman–Crippen MR) is 109 cm³/mol. The van der Waals surface area contributed by atoms with Crippen molar-refractivity contribution in [2.24, 2.45) is 0 Å². The summed E-state index contributed by atoms with van der Waals surface area (Å²) in [5.41, 5.74) is 0.652. The minimum absolute atomic E-state index is 0.0330. The second-order valence-electron chi connectivity index (χ2n) is 7.92. The van der Waals surface area contributed by atoms with E-state index >= 15 is 0 Å². The van der Waals surface area contributed by atoms with E-state index < -0.39 is 36.4 Å². The smallest absolute Gasteiger partial charge is 0.330 e. The highest BCUT2D eigenvalue weighted by atomic mass is 19.1. The molecule has 2 aromatic rings. The van der Waals surface area contributed by atoms with Crippen molar-refractivity contribution in [3.63, 3.8) is 0 Å². The first kappa shape index (κ1) is 20.9. The van der Waals surface area contributed by atoms with Gasteiger partial charge in [0, 0.05) is 57.4 Å². The van der Waals surface area contributed by atoms with Crippen molar-refractivity contribution in [3.8, 4) is 0 Å². The SMILES string of the molecule is O=c1[nH]c(=O)n([C@@H]2C[C@H](F)[C@@H](CO)O2)cc1CN1CCN(Cc2ccccc2)CC1. The third-order valence-corrected chi connectivity index (χ3v) is 5.80. The highest BCUT2D eigenvalue weighted by Gasteiger charge is 2.36. The van der Waals surface area contributed by atoms with E-state index in [1.54, 1.807) is 0 Å². The molecule has 0 unspecified atom stereocenters. The number of aromatic nitrogens is 2. The van der Waals surface area contributed by atoms with Crippen molar-refractivity contribution in [2.45, 2.75) is 38.0 Å². The number of nitrogens with one attached hydrogen (secondary N) is 1. The van der Waals surface area contributed by atoms with Gasteiger partial charge in [0.1, 0.15) is 18.5 Å². The van der Waals surface area contributed by atoms with Gasteiger partial charge in [0.15, 0.2) is 0 Å². The van der Waals surface area contributed by atoms with E-state index in [0.717, 1.165) is 32.7 Å². The molecule has 30 heavy (non-hydrogen) atoms. The van der Waals surface area contributed by atoms with E-state index in [0.29, 0.717) is 12.1 Å². The number of benzene rings is 1. The molecule has 4 rings (SSSR count). The normalized spacial score (nSPS) is 25.6. The molecular formula is C21H27FN4O4. The maximum Gasteiger partial charge on any atom is 0.330 e. The van der Waals surface area contributed by atoms with Crippen molar-refractivity contribution in [2.75, 3.05) is 32.8 Å². The highest BCUT2D eigenvalue weighted by molar-refractivity contribution is 5.14. The number of H-pyrrole nitrogens is 1. The Morgan fingerprint density at radius 2 is 1.73 bits per heavy atom. The predicted octanol–water partition coefficient (Wildman–Crippen LogP) is 0.472. The first-order valence-corrected chi connectivity index (χ1v) is 10.3. The number of aromatic amines is 1. The number of piperazine rings is 1. The molecule has 2 N–H and O–H groups in total. The van der Waals surface area contributed by atoms with Gasteiger partial charge in [-0.3, -0.25) is 24.1 Å². The lowest BCUT2D eigenvalue weighted by Crippen LogP contribution is -2.46. The van der Waals surface area contributed by atoms with Crippen molar-refractivity contribution >= 4 is 0 Å². The van der Waals surface area contributed by atoms with E-state index in [-0.39, 0.29) is 6.42 Å². The molecule has 9 heteroatoms. The second-order valence-corrected chi connectivity index (χ2v) is 7.92. The van der Waals surface area contributed by atoms with Crippen LogP contribution < -0.4 is 11.2 Å². The average molecular weight is 418 g/mol. The summed E-state index contributed by atoms with van der Waals surface area (Å²) in [5, 5.41) is 9.18. The number of nitrogens with zero attached hydrogens (tertiary/aromatic N) is 3. The fraction of sp³-hybridized carbons (Fsp3) is 0.524. The van der Waals surface area contributed by atoms with Crippen molar-refractivity contribution in [1.29, 1.82) is 0 Å². The summed E-state index contributed by atoms with van der Waals surface area (Å²) >= 11 is 0. The Labute approximate surface area is 173 Å². The molecule has 2 saturated heterocycles. The van der Waals surface area contributed by atoms with Crippen LogP contribution in [-0.2, 0) is 17.8 Å². The van der Waals surface area contributed by atoms with Gasteiger partial charge in [0.2, 0.25) is 0 Å². The second kappa shape index (κ2) is 9.22. The number of hydrogen-bond donors (Lipinski definition) is 2. The largest absolute Gasteiger partial charge is 0.394 e. The molecule has 2 aliphatic heterocycles. The van der Waals surface area contributed by atoms with Crippen LogP contribution in [0.3, 0.4) is 0 Å². The summed E-state index contributed by atoms with van der Waals surface area (Å²) in [5.74, 6) is 0. The molecule has 162 valence electrons. The zero-order valence-electron chi connectivity index (χ0n) is 16.7. The number of aliphatic hydroxyl groups is 1. The molecule has 3 heterocycles. The number of hydrogen-bond acceptors (Lipinski definition) is 6. The van der Waals surface area contributed by atoms with Crippen LogP contribution in [0.25, 0.3) is 0 Å². The summed E-state index contributed by atoms with van der Waals surface area (Å²) in [7, 11) is 0. The van der Waals surface area contributed by atoms with Gasteiger partial charge < -0.3 is 9.84 Å². The van der Waals surface area contributed by atoms with Gasteiger partial charge in [-0.15, -0.1) is 0 Å². The molecule has 8 nitrogen and oxygen atoms in total. The number of ether oxygens (including phenoxy) is 1. The highest BCUT2D eigenvalue weighted by Crippen LogP contribution is 2.29. The van der Waals surface area contributed by atoms with Crippen LogP contribution in [0.2, 0.25) is 0 Å². The van der Waals surface area contributed by atoms with Crippen LogP contribution >= 0.6 is 0 Å². The fourth-order valence-corrected chi connectivity index (χ4v) is 4.07. The minimum atomic E-state index is -1.35. The summed E-state index contributed by atoms with van der Waals surface area (Å²) in [4.78, 5) is 31.4. The van der Waals surface area contributed by atoms with Crippen LogP contribution in [0, 0.1) is 0 Å². The van der Waals surface area contributed by atoms with Gasteiger partial charge >= 0.3 is 5.69 Å². The van der Waals surface area contributed by atoms with E-state index in [9.17, 15) is 19.1 Å². The molecule has 0 bridgehead atoms. The summed E-state index contributed by atoms with van der Waals surface area (Å²) < 4.78 is 20.6. The van der Waals surface area contributed by atoms with E-state index in [4.69, 9.17) is 4.74 Å². The summed E-state index contributed by atoms with van der Waals surface area (Å²) in [6.07, 6.45) is -1.69. The number of alkyl halides is 1. The molecule has 2 fully saturated rings. The third-order valence-electron chi connectivity index (χ3n) is 5.80. The van der Waals surface area contributed by atoms with Gasteiger partial charge in [-0.05, 0) is 5.56 Å². The Kier molecular flexibility index (Phi) is 6.43. The third kappa shape index (κ3) is 4.70. The lowest BCUT2D eigenvalue weighted by Gasteiger charge is -2.34. The van der Waals surface area contributed by atoms with Crippen LogP contribution in [0.4, 0.5) is 4.39 Å². The van der Waals surface area contributed by atoms with Gasteiger partial charge in [-0.2, -0.15) is 0 Å². The van der Waals surface area contributed by atoms with Crippen molar-refractivity contribution in [1.82, 2.24) is 19.4 Å². The summed E-state index contributed by atoms with van der Waals surface area (Å²) in [6, 6.07) is 10.3. The number of halogens is 1. The molecule has 0 aliphatic carbocycles. The van der Waals surface area contributed by atoms with Gasteiger partial charge in [-0.25, -0.2) is 9.18 Å². The maximum atomic E-state index is 13.9. The summed E-state index contributed by atoms with van der Waals surface area (Å²) in [6.45, 7) is 4.25. The standard InChI is InChI=1S/C21H27FN4O4/c22-17-10-19(30-18(17)14-27)26-13-16(20(28)23-21(26)29)12-25-8-6-24(7-9-25)11-15-4-2-1-3-5-15/h1-5,13,17-19,27H,6-12,14H2,(H,23,28,29)/t17-,18+,19-/m0/s1. The van der Waals surface area contributed by atoms with Crippen LogP contribution in [-0.4, -0.2) is 69.5 Å². The molecule has 3 atom stereocenters. The Hall–Kier alpha value is -2.33. The zero-order valence-corrected chi connectivity index (χ0v) is 16.7. The quantitative estimate of drug-likeness (QED) is 0.709. The molecule has 1 aromatic carbocycles. The van der Waals surface area contributed by atoms with Gasteiger partial charge in [0.05, 0.1) is 6.61 Å². The maximum absolute atomic E-state index is 13.9. The first-order chi connectivity index (χ1) is 14.5. The molecule has 0 amide bonds.